The number of benzene rings is 3. The summed E-state index contributed by atoms with van der Waals surface area (Å²) < 4.78 is 0. The van der Waals surface area contributed by atoms with Gasteiger partial charge in [0.1, 0.15) is 5.71 Å². The number of nitro groups is 1. The molecule has 0 spiro atoms. The van der Waals surface area contributed by atoms with Crippen LogP contribution in [0.25, 0.3) is 0 Å². The van der Waals surface area contributed by atoms with E-state index in [2.05, 4.69) is 10.2 Å². The molecule has 0 heterocycles. The van der Waals surface area contributed by atoms with Gasteiger partial charge in [-0.05, 0) is 24.6 Å². The molecule has 0 radical (unpaired) electrons. The summed E-state index contributed by atoms with van der Waals surface area (Å²) in [5, 5.41) is 19.6. The topological polar surface area (TPSA) is 67.9 Å². The molecule has 0 amide bonds. The SMILES string of the molecule is C/C(=N/N=C(c1ccccc1)c1ccccc1)c1ccc([N+](=O)[O-])cc1. The molecular weight excluding hydrogens is 326 g/mol. The molecule has 3 aromatic rings. The maximum Gasteiger partial charge on any atom is 0.269 e. The van der Waals surface area contributed by atoms with Crippen LogP contribution in [0.1, 0.15) is 23.6 Å². The first kappa shape index (κ1) is 17.2. The smallest absolute Gasteiger partial charge is 0.258 e. The number of non-ortho nitro benzene ring substituents is 1. The Morgan fingerprint density at radius 1 is 0.731 bits per heavy atom. The second-order valence-corrected chi connectivity index (χ2v) is 5.67. The van der Waals surface area contributed by atoms with E-state index in [0.29, 0.717) is 5.71 Å². The van der Waals surface area contributed by atoms with Crippen LogP contribution in [0, 0.1) is 10.1 Å². The lowest BCUT2D eigenvalue weighted by Gasteiger charge is -2.06. The maximum atomic E-state index is 10.8. The van der Waals surface area contributed by atoms with Crippen molar-refractivity contribution in [1.82, 2.24) is 0 Å². The molecule has 5 nitrogen and oxygen atoms in total. The van der Waals surface area contributed by atoms with E-state index in [1.165, 1.54) is 12.1 Å². The summed E-state index contributed by atoms with van der Waals surface area (Å²) in [4.78, 5) is 10.3. The summed E-state index contributed by atoms with van der Waals surface area (Å²) in [6.45, 7) is 1.83. The van der Waals surface area contributed by atoms with Crippen molar-refractivity contribution in [2.24, 2.45) is 10.2 Å². The predicted molar refractivity (Wildman–Crippen MR) is 104 cm³/mol. The van der Waals surface area contributed by atoms with Crippen molar-refractivity contribution in [1.29, 1.82) is 0 Å². The highest BCUT2D eigenvalue weighted by Crippen LogP contribution is 2.14. The fourth-order valence-electron chi connectivity index (χ4n) is 2.48. The Morgan fingerprint density at radius 3 is 1.69 bits per heavy atom. The van der Waals surface area contributed by atoms with Gasteiger partial charge in [-0.15, -0.1) is 5.10 Å². The number of rotatable bonds is 5. The molecule has 0 saturated heterocycles. The monoisotopic (exact) mass is 343 g/mol. The Bertz CT molecular complexity index is 906. The van der Waals surface area contributed by atoms with Crippen LogP contribution >= 0.6 is 0 Å². The van der Waals surface area contributed by atoms with Crippen LogP contribution in [0.5, 0.6) is 0 Å². The van der Waals surface area contributed by atoms with Crippen molar-refractivity contribution in [3.8, 4) is 0 Å². The van der Waals surface area contributed by atoms with E-state index in [1.807, 2.05) is 67.6 Å². The molecule has 3 rings (SSSR count). The summed E-state index contributed by atoms with van der Waals surface area (Å²) >= 11 is 0. The van der Waals surface area contributed by atoms with Crippen molar-refractivity contribution in [3.05, 3.63) is 112 Å². The molecule has 0 aromatic heterocycles. The summed E-state index contributed by atoms with van der Waals surface area (Å²) in [7, 11) is 0. The zero-order chi connectivity index (χ0) is 18.4. The van der Waals surface area contributed by atoms with Gasteiger partial charge in [0, 0.05) is 23.3 Å². The van der Waals surface area contributed by atoms with Crippen LogP contribution in [0.4, 0.5) is 5.69 Å². The van der Waals surface area contributed by atoms with Gasteiger partial charge >= 0.3 is 0 Å². The van der Waals surface area contributed by atoms with E-state index in [4.69, 9.17) is 0 Å². The van der Waals surface area contributed by atoms with E-state index in [-0.39, 0.29) is 5.69 Å². The molecule has 0 bridgehead atoms. The second-order valence-electron chi connectivity index (χ2n) is 5.67. The van der Waals surface area contributed by atoms with Crippen molar-refractivity contribution in [2.75, 3.05) is 0 Å². The van der Waals surface area contributed by atoms with E-state index < -0.39 is 4.92 Å². The first-order chi connectivity index (χ1) is 12.6. The molecule has 0 aliphatic carbocycles. The quantitative estimate of drug-likeness (QED) is 0.377. The average Bonchev–Trinajstić information content (AvgIpc) is 2.69. The largest absolute Gasteiger partial charge is 0.269 e. The standard InChI is InChI=1S/C21H17N3O2/c1-16(17-12-14-20(15-13-17)24(25)26)22-23-21(18-8-4-2-5-9-18)19-10-6-3-7-11-19/h2-15H,1H3/b22-16-. The zero-order valence-electron chi connectivity index (χ0n) is 14.2. The maximum absolute atomic E-state index is 10.8. The molecule has 0 unspecified atom stereocenters. The third-order valence-electron chi connectivity index (χ3n) is 3.89. The fraction of sp³-hybridized carbons (Fsp3) is 0.0476. The minimum atomic E-state index is -0.419. The van der Waals surface area contributed by atoms with Gasteiger partial charge in [0.2, 0.25) is 0 Å². The predicted octanol–water partition coefficient (Wildman–Crippen LogP) is 4.86. The highest BCUT2D eigenvalue weighted by molar-refractivity contribution is 6.13. The van der Waals surface area contributed by atoms with Gasteiger partial charge in [0.25, 0.3) is 5.69 Å². The fourth-order valence-corrected chi connectivity index (χ4v) is 2.48. The lowest BCUT2D eigenvalue weighted by Crippen LogP contribution is -2.03. The van der Waals surface area contributed by atoms with Gasteiger partial charge in [-0.2, -0.15) is 5.10 Å². The molecule has 128 valence electrons. The first-order valence-corrected chi connectivity index (χ1v) is 8.13. The summed E-state index contributed by atoms with van der Waals surface area (Å²) in [5.41, 5.74) is 4.24. The Kier molecular flexibility index (Phi) is 5.29. The van der Waals surface area contributed by atoms with Crippen LogP contribution in [0.15, 0.2) is 95.1 Å². The van der Waals surface area contributed by atoms with Crippen molar-refractivity contribution >= 4 is 17.1 Å². The minimum Gasteiger partial charge on any atom is -0.258 e. The molecule has 0 aliphatic heterocycles. The van der Waals surface area contributed by atoms with Crippen LogP contribution in [-0.4, -0.2) is 16.3 Å². The molecule has 3 aromatic carbocycles. The molecule has 5 heteroatoms. The summed E-state index contributed by atoms with van der Waals surface area (Å²) in [6.07, 6.45) is 0. The van der Waals surface area contributed by atoms with E-state index in [0.717, 1.165) is 22.4 Å². The summed E-state index contributed by atoms with van der Waals surface area (Å²) in [6, 6.07) is 26.0. The summed E-state index contributed by atoms with van der Waals surface area (Å²) in [5.74, 6) is 0. The van der Waals surface area contributed by atoms with Crippen LogP contribution in [0.3, 0.4) is 0 Å². The van der Waals surface area contributed by atoms with E-state index in [1.54, 1.807) is 12.1 Å². The number of nitrogens with zero attached hydrogens (tertiary/aromatic N) is 3. The van der Waals surface area contributed by atoms with Gasteiger partial charge in [0.15, 0.2) is 0 Å². The van der Waals surface area contributed by atoms with E-state index >= 15 is 0 Å². The zero-order valence-corrected chi connectivity index (χ0v) is 14.2. The molecule has 26 heavy (non-hydrogen) atoms. The van der Waals surface area contributed by atoms with Crippen molar-refractivity contribution in [2.45, 2.75) is 6.92 Å². The number of hydrogen-bond donors (Lipinski definition) is 0. The minimum absolute atomic E-state index is 0.0549. The van der Waals surface area contributed by atoms with E-state index in [9.17, 15) is 10.1 Å². The molecule has 0 atom stereocenters. The van der Waals surface area contributed by atoms with Gasteiger partial charge < -0.3 is 0 Å². The molecular formula is C21H17N3O2. The lowest BCUT2D eigenvalue weighted by molar-refractivity contribution is -0.384. The van der Waals surface area contributed by atoms with Crippen molar-refractivity contribution < 1.29 is 4.92 Å². The van der Waals surface area contributed by atoms with Crippen molar-refractivity contribution in [3.63, 3.8) is 0 Å². The third-order valence-corrected chi connectivity index (χ3v) is 3.89. The van der Waals surface area contributed by atoms with Crippen LogP contribution in [0.2, 0.25) is 0 Å². The molecule has 0 fully saturated rings. The Balaban J connectivity index is 1.97. The van der Waals surface area contributed by atoms with Gasteiger partial charge in [0.05, 0.1) is 10.6 Å². The third kappa shape index (κ3) is 4.08. The van der Waals surface area contributed by atoms with Gasteiger partial charge in [-0.25, -0.2) is 0 Å². The lowest BCUT2D eigenvalue weighted by atomic mass is 10.0. The second kappa shape index (κ2) is 7.98. The average molecular weight is 343 g/mol. The van der Waals surface area contributed by atoms with Gasteiger partial charge in [-0.3, -0.25) is 10.1 Å². The number of nitro benzene ring substituents is 1. The highest BCUT2D eigenvalue weighted by Gasteiger charge is 2.08. The molecule has 0 N–H and O–H groups in total. The Labute approximate surface area is 151 Å². The highest BCUT2D eigenvalue weighted by atomic mass is 16.6. The Morgan fingerprint density at radius 2 is 1.23 bits per heavy atom. The number of hydrogen-bond acceptors (Lipinski definition) is 4. The molecule has 0 aliphatic rings. The molecule has 0 saturated carbocycles. The van der Waals surface area contributed by atoms with Gasteiger partial charge in [-0.1, -0.05) is 60.7 Å². The Hall–Kier alpha value is -3.60. The van der Waals surface area contributed by atoms with Crippen LogP contribution in [-0.2, 0) is 0 Å². The first-order valence-electron chi connectivity index (χ1n) is 8.13. The normalized spacial score (nSPS) is 11.0. The van der Waals surface area contributed by atoms with Crippen LogP contribution < -0.4 is 0 Å².